The summed E-state index contributed by atoms with van der Waals surface area (Å²) in [6.45, 7) is 6.05. The van der Waals surface area contributed by atoms with Gasteiger partial charge in [-0.3, -0.25) is 4.90 Å². The summed E-state index contributed by atoms with van der Waals surface area (Å²) in [5, 5.41) is 6.44. The zero-order valence-electron chi connectivity index (χ0n) is 13.3. The molecule has 0 unspecified atom stereocenters. The van der Waals surface area contributed by atoms with Crippen LogP contribution < -0.4 is 10.6 Å². The van der Waals surface area contributed by atoms with Crippen LogP contribution in [0.15, 0.2) is 27.8 Å². The molecule has 1 saturated heterocycles. The third-order valence-electron chi connectivity index (χ3n) is 3.47. The Balaban J connectivity index is 0.00000264. The third kappa shape index (κ3) is 7.53. The summed E-state index contributed by atoms with van der Waals surface area (Å²) in [4.78, 5) is 6.60. The lowest BCUT2D eigenvalue weighted by atomic mass is 10.4. The van der Waals surface area contributed by atoms with Gasteiger partial charge in [0, 0.05) is 32.7 Å². The van der Waals surface area contributed by atoms with Gasteiger partial charge in [0.1, 0.15) is 12.3 Å². The topological polar surface area (TPSA) is 86.9 Å². The summed E-state index contributed by atoms with van der Waals surface area (Å²) < 4.78 is 28.0. The van der Waals surface area contributed by atoms with Crippen LogP contribution in [0.2, 0.25) is 0 Å². The Morgan fingerprint density at radius 1 is 1.35 bits per heavy atom. The van der Waals surface area contributed by atoms with E-state index in [1.165, 1.54) is 0 Å². The van der Waals surface area contributed by atoms with Gasteiger partial charge in [-0.25, -0.2) is 13.4 Å². The van der Waals surface area contributed by atoms with E-state index >= 15 is 0 Å². The first kappa shape index (κ1) is 20.2. The summed E-state index contributed by atoms with van der Waals surface area (Å²) in [6, 6.07) is 3.73. The zero-order valence-corrected chi connectivity index (χ0v) is 16.5. The molecule has 1 aromatic heterocycles. The Morgan fingerprint density at radius 3 is 2.70 bits per heavy atom. The van der Waals surface area contributed by atoms with E-state index in [1.54, 1.807) is 6.26 Å². The Morgan fingerprint density at radius 2 is 2.09 bits per heavy atom. The third-order valence-corrected chi connectivity index (χ3v) is 5.08. The molecule has 23 heavy (non-hydrogen) atoms. The number of halogens is 1. The Bertz CT molecular complexity index is 561. The molecule has 0 radical (unpaired) electrons. The van der Waals surface area contributed by atoms with E-state index in [4.69, 9.17) is 4.42 Å². The summed E-state index contributed by atoms with van der Waals surface area (Å²) >= 11 is 0. The minimum atomic E-state index is -2.81. The lowest BCUT2D eigenvalue weighted by Crippen LogP contribution is -2.45. The van der Waals surface area contributed by atoms with Crippen molar-refractivity contribution in [2.45, 2.75) is 13.5 Å². The normalized spacial score (nSPS) is 18.2. The number of guanidine groups is 1. The minimum Gasteiger partial charge on any atom is -0.467 e. The largest absolute Gasteiger partial charge is 0.467 e. The minimum absolute atomic E-state index is 0. The summed E-state index contributed by atoms with van der Waals surface area (Å²) in [5.74, 6) is 2.08. The first-order valence-corrected chi connectivity index (χ1v) is 9.38. The molecule has 9 heteroatoms. The van der Waals surface area contributed by atoms with Gasteiger partial charge >= 0.3 is 0 Å². The summed E-state index contributed by atoms with van der Waals surface area (Å²) in [5.41, 5.74) is 0. The van der Waals surface area contributed by atoms with Crippen LogP contribution in [0.3, 0.4) is 0 Å². The van der Waals surface area contributed by atoms with Crippen molar-refractivity contribution in [3.05, 3.63) is 24.2 Å². The first-order chi connectivity index (χ1) is 10.6. The lowest BCUT2D eigenvalue weighted by molar-refractivity contribution is 0.299. The summed E-state index contributed by atoms with van der Waals surface area (Å²) in [7, 11) is -2.81. The van der Waals surface area contributed by atoms with Crippen LogP contribution in [0.5, 0.6) is 0 Å². The van der Waals surface area contributed by atoms with Crippen molar-refractivity contribution in [3.63, 3.8) is 0 Å². The molecule has 0 atom stereocenters. The fraction of sp³-hybridized carbons (Fsp3) is 0.643. The van der Waals surface area contributed by atoms with Gasteiger partial charge in [-0.2, -0.15) is 0 Å². The molecular weight excluding hydrogens is 431 g/mol. The van der Waals surface area contributed by atoms with Gasteiger partial charge in [-0.15, -0.1) is 24.0 Å². The number of nitrogens with zero attached hydrogens (tertiary/aromatic N) is 2. The number of furan rings is 1. The van der Waals surface area contributed by atoms with Crippen molar-refractivity contribution in [1.82, 2.24) is 15.5 Å². The molecular formula is C14H25IN4O3S. The standard InChI is InChI=1S/C14H24N4O3S.HI/c1-2-15-14(17-12-13-4-3-9-21-13)16-5-6-18-7-10-22(19,20)11-8-18;/h3-4,9H,2,5-8,10-12H2,1H3,(H2,15,16,17);1H. The van der Waals surface area contributed by atoms with Gasteiger partial charge in [-0.05, 0) is 19.1 Å². The molecule has 2 rings (SSSR count). The van der Waals surface area contributed by atoms with E-state index in [0.717, 1.165) is 31.4 Å². The predicted molar refractivity (Wildman–Crippen MR) is 102 cm³/mol. The van der Waals surface area contributed by atoms with E-state index < -0.39 is 9.84 Å². The number of sulfone groups is 1. The SMILES string of the molecule is CCNC(=NCc1ccco1)NCCN1CCS(=O)(=O)CC1.I. The monoisotopic (exact) mass is 456 g/mol. The van der Waals surface area contributed by atoms with Gasteiger partial charge < -0.3 is 15.1 Å². The molecule has 0 saturated carbocycles. The Labute approximate surface area is 154 Å². The van der Waals surface area contributed by atoms with E-state index in [0.29, 0.717) is 19.6 Å². The number of rotatable bonds is 6. The molecule has 0 bridgehead atoms. The average Bonchev–Trinajstić information content (AvgIpc) is 3.00. The fourth-order valence-electron chi connectivity index (χ4n) is 2.21. The molecule has 2 N–H and O–H groups in total. The van der Waals surface area contributed by atoms with Crippen LogP contribution in [0, 0.1) is 0 Å². The second kappa shape index (κ2) is 10.1. The predicted octanol–water partition coefficient (Wildman–Crippen LogP) is 0.683. The van der Waals surface area contributed by atoms with Crippen molar-refractivity contribution in [3.8, 4) is 0 Å². The molecule has 132 valence electrons. The van der Waals surface area contributed by atoms with Crippen LogP contribution in [0.25, 0.3) is 0 Å². The van der Waals surface area contributed by atoms with E-state index in [9.17, 15) is 8.42 Å². The van der Waals surface area contributed by atoms with Crippen LogP contribution >= 0.6 is 24.0 Å². The highest BCUT2D eigenvalue weighted by molar-refractivity contribution is 14.0. The summed E-state index contributed by atoms with van der Waals surface area (Å²) in [6.07, 6.45) is 1.63. The van der Waals surface area contributed by atoms with Crippen LogP contribution in [0.4, 0.5) is 0 Å². The van der Waals surface area contributed by atoms with Crippen molar-refractivity contribution in [2.24, 2.45) is 4.99 Å². The maximum absolute atomic E-state index is 11.4. The van der Waals surface area contributed by atoms with Gasteiger partial charge in [0.2, 0.25) is 0 Å². The van der Waals surface area contributed by atoms with E-state index in [-0.39, 0.29) is 35.5 Å². The smallest absolute Gasteiger partial charge is 0.191 e. The second-order valence-electron chi connectivity index (χ2n) is 5.19. The highest BCUT2D eigenvalue weighted by Crippen LogP contribution is 2.03. The molecule has 0 aromatic carbocycles. The lowest BCUT2D eigenvalue weighted by Gasteiger charge is -2.26. The van der Waals surface area contributed by atoms with E-state index in [1.807, 2.05) is 19.1 Å². The van der Waals surface area contributed by atoms with Crippen molar-refractivity contribution >= 4 is 39.8 Å². The van der Waals surface area contributed by atoms with Gasteiger partial charge in [-0.1, -0.05) is 0 Å². The van der Waals surface area contributed by atoms with Gasteiger partial charge in [0.25, 0.3) is 0 Å². The average molecular weight is 456 g/mol. The van der Waals surface area contributed by atoms with Gasteiger partial charge in [0.05, 0.1) is 17.8 Å². The molecule has 0 aliphatic carbocycles. The van der Waals surface area contributed by atoms with E-state index in [2.05, 4.69) is 20.5 Å². The van der Waals surface area contributed by atoms with Crippen LogP contribution in [-0.4, -0.2) is 63.5 Å². The molecule has 1 aliphatic rings. The molecule has 7 nitrogen and oxygen atoms in total. The fourth-order valence-corrected chi connectivity index (χ4v) is 3.48. The quantitative estimate of drug-likeness (QED) is 0.372. The second-order valence-corrected chi connectivity index (χ2v) is 7.50. The number of hydrogen-bond acceptors (Lipinski definition) is 5. The number of hydrogen-bond donors (Lipinski definition) is 2. The molecule has 0 amide bonds. The maximum atomic E-state index is 11.4. The number of nitrogens with one attached hydrogen (secondary N) is 2. The first-order valence-electron chi connectivity index (χ1n) is 7.56. The van der Waals surface area contributed by atoms with Crippen molar-refractivity contribution in [1.29, 1.82) is 0 Å². The highest BCUT2D eigenvalue weighted by Gasteiger charge is 2.20. The van der Waals surface area contributed by atoms with Crippen LogP contribution in [-0.2, 0) is 16.4 Å². The molecule has 1 fully saturated rings. The zero-order chi connectivity index (χ0) is 15.8. The van der Waals surface area contributed by atoms with Crippen molar-refractivity contribution < 1.29 is 12.8 Å². The Hall–Kier alpha value is -0.810. The number of aliphatic imine (C=N–C) groups is 1. The van der Waals surface area contributed by atoms with Gasteiger partial charge in [0.15, 0.2) is 15.8 Å². The molecule has 1 aliphatic heterocycles. The molecule has 0 spiro atoms. The molecule has 2 heterocycles. The Kier molecular flexibility index (Phi) is 8.92. The molecule has 1 aromatic rings. The van der Waals surface area contributed by atoms with Crippen LogP contribution in [0.1, 0.15) is 12.7 Å². The van der Waals surface area contributed by atoms with Crippen molar-refractivity contribution in [2.75, 3.05) is 44.2 Å². The maximum Gasteiger partial charge on any atom is 0.191 e. The highest BCUT2D eigenvalue weighted by atomic mass is 127.